The Balaban J connectivity index is 4.23. The Hall–Kier alpha value is -0.760. The maximum atomic E-state index is 12.6. The molecule has 0 saturated heterocycles. The molecule has 0 N–H and O–H groups in total. The summed E-state index contributed by atoms with van der Waals surface area (Å²) in [6, 6.07) is 0. The van der Waals surface area contributed by atoms with E-state index in [1.165, 1.54) is 161 Å². The average Bonchev–Trinajstić information content (AvgIpc) is 3.11. The molecule has 0 aliphatic rings. The van der Waals surface area contributed by atoms with Crippen LogP contribution in [0.3, 0.4) is 0 Å². The quantitative estimate of drug-likeness (QED) is 0.0200. The van der Waals surface area contributed by atoms with Crippen molar-refractivity contribution in [2.75, 3.05) is 54.1 Å². The summed E-state index contributed by atoms with van der Waals surface area (Å²) < 4.78 is 34.5. The fraction of sp³-hybridized carbons (Fsp3) is 0.932. The van der Waals surface area contributed by atoms with Gasteiger partial charge in [0.25, 0.3) is 7.82 Å². The number of phosphoric acid groups is 1. The van der Waals surface area contributed by atoms with E-state index in [4.69, 9.17) is 18.5 Å². The molecule has 9 heteroatoms. The topological polar surface area (TPSA) is 94.1 Å². The minimum Gasteiger partial charge on any atom is -0.756 e. The first-order valence-corrected chi connectivity index (χ1v) is 23.9. The Kier molecular flexibility index (Phi) is 37.6. The summed E-state index contributed by atoms with van der Waals surface area (Å²) >= 11 is 0. The molecule has 0 aliphatic carbocycles. The van der Waals surface area contributed by atoms with Gasteiger partial charge in [-0.05, 0) is 25.7 Å². The van der Waals surface area contributed by atoms with E-state index in [2.05, 4.69) is 19.9 Å². The lowest BCUT2D eigenvalue weighted by Gasteiger charge is -2.28. The van der Waals surface area contributed by atoms with E-state index in [1.807, 2.05) is 27.2 Å². The van der Waals surface area contributed by atoms with Crippen LogP contribution in [0.25, 0.3) is 0 Å². The van der Waals surface area contributed by atoms with E-state index in [-0.39, 0.29) is 32.2 Å². The van der Waals surface area contributed by atoms with Crippen molar-refractivity contribution < 1.29 is 37.3 Å². The van der Waals surface area contributed by atoms with Crippen LogP contribution in [0.15, 0.2) is 12.2 Å². The van der Waals surface area contributed by atoms with Gasteiger partial charge in [0.1, 0.15) is 19.3 Å². The fourth-order valence-electron chi connectivity index (χ4n) is 6.33. The molecule has 0 aromatic rings. The predicted molar refractivity (Wildman–Crippen MR) is 222 cm³/mol. The molecule has 0 spiro atoms. The molecule has 0 aliphatic heterocycles. The Bertz CT molecular complexity index is 863. The highest BCUT2D eigenvalue weighted by molar-refractivity contribution is 7.45. The molecular weight excluding hydrogens is 685 g/mol. The van der Waals surface area contributed by atoms with Crippen LogP contribution in [0.1, 0.15) is 206 Å². The lowest BCUT2D eigenvalue weighted by Crippen LogP contribution is -2.37. The van der Waals surface area contributed by atoms with Gasteiger partial charge in [0.15, 0.2) is 0 Å². The van der Waals surface area contributed by atoms with Crippen LogP contribution in [0.2, 0.25) is 0 Å². The maximum Gasteiger partial charge on any atom is 0.306 e. The van der Waals surface area contributed by atoms with E-state index < -0.39 is 13.9 Å². The second kappa shape index (κ2) is 38.1. The van der Waals surface area contributed by atoms with Crippen LogP contribution in [0.4, 0.5) is 0 Å². The minimum absolute atomic E-state index is 0.0238. The molecule has 0 aromatic carbocycles. The third-order valence-corrected chi connectivity index (χ3v) is 10.8. The molecule has 0 heterocycles. The van der Waals surface area contributed by atoms with Crippen molar-refractivity contribution in [1.29, 1.82) is 0 Å². The second-order valence-electron chi connectivity index (χ2n) is 16.4. The zero-order chi connectivity index (χ0) is 39.1. The summed E-state index contributed by atoms with van der Waals surface area (Å²) in [5.74, 6) is -0.379. The van der Waals surface area contributed by atoms with E-state index in [0.717, 1.165) is 19.3 Å². The van der Waals surface area contributed by atoms with Crippen molar-refractivity contribution in [3.05, 3.63) is 12.2 Å². The minimum atomic E-state index is -4.53. The number of hydrogen-bond donors (Lipinski definition) is 0. The number of allylic oxidation sites excluding steroid dienone is 2. The Morgan fingerprint density at radius 1 is 0.566 bits per heavy atom. The molecule has 0 amide bonds. The van der Waals surface area contributed by atoms with E-state index in [1.54, 1.807) is 0 Å². The number of esters is 1. The van der Waals surface area contributed by atoms with Gasteiger partial charge in [-0.1, -0.05) is 187 Å². The normalized spacial score (nSPS) is 13.8. The Morgan fingerprint density at radius 3 is 1.43 bits per heavy atom. The summed E-state index contributed by atoms with van der Waals surface area (Å²) in [4.78, 5) is 25.0. The number of ether oxygens (including phenoxy) is 2. The third kappa shape index (κ3) is 42.2. The van der Waals surface area contributed by atoms with Crippen molar-refractivity contribution in [2.45, 2.75) is 213 Å². The fourth-order valence-corrected chi connectivity index (χ4v) is 7.06. The summed E-state index contributed by atoms with van der Waals surface area (Å²) in [5, 5.41) is 0. The largest absolute Gasteiger partial charge is 0.756 e. The Morgan fingerprint density at radius 2 is 0.981 bits per heavy atom. The van der Waals surface area contributed by atoms with Crippen LogP contribution in [0, 0.1) is 0 Å². The monoisotopic (exact) mass is 774 g/mol. The van der Waals surface area contributed by atoms with E-state index in [9.17, 15) is 14.3 Å². The van der Waals surface area contributed by atoms with Crippen LogP contribution in [-0.2, 0) is 27.9 Å². The molecule has 0 bridgehead atoms. The molecule has 2 unspecified atom stereocenters. The SMILES string of the molecule is CCCCCCCCCCCCCCC/C=C\CCC(=O)OC(COCCCCCCCCCCCCCCCC)COP(=O)([O-])OCC[N+](C)(C)C. The molecule has 8 nitrogen and oxygen atoms in total. The Labute approximate surface area is 329 Å². The van der Waals surface area contributed by atoms with Gasteiger partial charge in [0, 0.05) is 13.0 Å². The van der Waals surface area contributed by atoms with Gasteiger partial charge in [0.2, 0.25) is 0 Å². The van der Waals surface area contributed by atoms with Gasteiger partial charge in [-0.15, -0.1) is 0 Å². The van der Waals surface area contributed by atoms with Crippen LogP contribution >= 0.6 is 7.82 Å². The van der Waals surface area contributed by atoms with Gasteiger partial charge in [-0.3, -0.25) is 9.36 Å². The van der Waals surface area contributed by atoms with Gasteiger partial charge in [-0.25, -0.2) is 0 Å². The molecule has 0 radical (unpaired) electrons. The second-order valence-corrected chi connectivity index (χ2v) is 17.8. The molecule has 53 heavy (non-hydrogen) atoms. The summed E-state index contributed by atoms with van der Waals surface area (Å²) in [6.07, 6.45) is 40.9. The van der Waals surface area contributed by atoms with Crippen molar-refractivity contribution in [1.82, 2.24) is 0 Å². The van der Waals surface area contributed by atoms with Gasteiger partial charge >= 0.3 is 5.97 Å². The smallest absolute Gasteiger partial charge is 0.306 e. The molecule has 2 atom stereocenters. The number of rotatable bonds is 42. The van der Waals surface area contributed by atoms with Crippen LogP contribution in [-0.4, -0.2) is 70.7 Å². The first kappa shape index (κ1) is 52.2. The van der Waals surface area contributed by atoms with Crippen molar-refractivity contribution in [3.63, 3.8) is 0 Å². The molecule has 0 saturated carbocycles. The highest BCUT2D eigenvalue weighted by Crippen LogP contribution is 2.38. The van der Waals surface area contributed by atoms with Crippen molar-refractivity contribution in [2.24, 2.45) is 0 Å². The zero-order valence-electron chi connectivity index (χ0n) is 35.7. The lowest BCUT2D eigenvalue weighted by molar-refractivity contribution is -0.870. The van der Waals surface area contributed by atoms with Crippen molar-refractivity contribution >= 4 is 13.8 Å². The molecule has 0 fully saturated rings. The van der Waals surface area contributed by atoms with E-state index >= 15 is 0 Å². The van der Waals surface area contributed by atoms with Gasteiger partial charge in [0.05, 0.1) is 34.4 Å². The summed E-state index contributed by atoms with van der Waals surface area (Å²) in [5.41, 5.74) is 0. The molecule has 0 aromatic heterocycles. The third-order valence-electron chi connectivity index (χ3n) is 9.83. The molecular formula is C44H88NO7P. The number of phosphoric ester groups is 1. The number of unbranched alkanes of at least 4 members (excludes halogenated alkanes) is 26. The van der Waals surface area contributed by atoms with Gasteiger partial charge < -0.3 is 27.9 Å². The number of quaternary nitrogens is 1. The van der Waals surface area contributed by atoms with Crippen LogP contribution < -0.4 is 4.89 Å². The first-order valence-electron chi connectivity index (χ1n) is 22.4. The average molecular weight is 774 g/mol. The lowest BCUT2D eigenvalue weighted by atomic mass is 10.0. The highest BCUT2D eigenvalue weighted by atomic mass is 31.2. The standard InChI is InChI=1S/C44H88NO7P/c1-6-8-10-12-14-16-18-20-22-23-24-25-27-29-31-33-35-37-44(46)52-43(42-51-53(47,48)50-40-38-45(3,4)5)41-49-39-36-34-32-30-28-26-21-19-17-15-13-11-9-7-2/h31,33,43H,6-30,32,34-42H2,1-5H3/b33-31-. The first-order chi connectivity index (χ1) is 25.6. The maximum absolute atomic E-state index is 12.6. The molecule has 316 valence electrons. The van der Waals surface area contributed by atoms with Crippen LogP contribution in [0.5, 0.6) is 0 Å². The summed E-state index contributed by atoms with van der Waals surface area (Å²) in [6.45, 7) is 5.40. The number of carbonyl (C=O) groups is 1. The van der Waals surface area contributed by atoms with Crippen molar-refractivity contribution in [3.8, 4) is 0 Å². The summed E-state index contributed by atoms with van der Waals surface area (Å²) in [7, 11) is 1.35. The zero-order valence-corrected chi connectivity index (χ0v) is 36.6. The number of hydrogen-bond acceptors (Lipinski definition) is 7. The highest BCUT2D eigenvalue weighted by Gasteiger charge is 2.20. The number of nitrogens with zero attached hydrogens (tertiary/aromatic N) is 1. The molecule has 0 rings (SSSR count). The number of carbonyl (C=O) groups excluding carboxylic acids is 1. The van der Waals surface area contributed by atoms with E-state index in [0.29, 0.717) is 24.1 Å². The number of likely N-dealkylation sites (N-methyl/N-ethyl adjacent to an activating group) is 1. The predicted octanol–water partition coefficient (Wildman–Crippen LogP) is 12.4. The van der Waals surface area contributed by atoms with Gasteiger partial charge in [-0.2, -0.15) is 0 Å².